The van der Waals surface area contributed by atoms with Crippen molar-refractivity contribution in [1.29, 1.82) is 0 Å². The van der Waals surface area contributed by atoms with E-state index in [0.717, 1.165) is 24.3 Å². The molecule has 1 heterocycles. The maximum atomic E-state index is 6.11. The zero-order valence-corrected chi connectivity index (χ0v) is 13.4. The second-order valence-corrected chi connectivity index (χ2v) is 7.47. The maximum Gasteiger partial charge on any atom is 0.0334 e. The van der Waals surface area contributed by atoms with Gasteiger partial charge in [0, 0.05) is 18.6 Å². The van der Waals surface area contributed by atoms with E-state index in [0.29, 0.717) is 5.54 Å². The number of hydrogen-bond donors (Lipinski definition) is 1. The van der Waals surface area contributed by atoms with E-state index in [4.69, 9.17) is 5.73 Å². The summed E-state index contributed by atoms with van der Waals surface area (Å²) in [4.78, 5) is 5.05. The number of nitrogens with two attached hydrogens (primary N) is 1. The van der Waals surface area contributed by atoms with Gasteiger partial charge in [-0.15, -0.1) is 0 Å². The molecular weight excluding hydrogens is 234 g/mol. The molecule has 1 aliphatic heterocycles. The van der Waals surface area contributed by atoms with Crippen molar-refractivity contribution in [3.63, 3.8) is 0 Å². The van der Waals surface area contributed by atoms with Crippen LogP contribution in [-0.4, -0.2) is 55.6 Å². The van der Waals surface area contributed by atoms with Crippen LogP contribution in [0.4, 0.5) is 0 Å². The van der Waals surface area contributed by atoms with Gasteiger partial charge in [0.1, 0.15) is 0 Å². The second-order valence-electron chi connectivity index (χ2n) is 7.47. The highest BCUT2D eigenvalue weighted by Crippen LogP contribution is 2.45. The van der Waals surface area contributed by atoms with Crippen molar-refractivity contribution in [2.24, 2.45) is 23.5 Å². The van der Waals surface area contributed by atoms with Gasteiger partial charge in [0.15, 0.2) is 0 Å². The molecule has 0 aromatic carbocycles. The lowest BCUT2D eigenvalue weighted by atomic mass is 9.63. The standard InChI is InChI=1S/C16H33N3/c1-13(2)15-9-16(10-15,12-17)19(4)11-14-5-7-18(3)8-6-14/h13-15H,5-12,17H2,1-4H3. The van der Waals surface area contributed by atoms with E-state index in [1.54, 1.807) is 0 Å². The van der Waals surface area contributed by atoms with Crippen LogP contribution in [-0.2, 0) is 0 Å². The first-order chi connectivity index (χ1) is 8.97. The van der Waals surface area contributed by atoms with Gasteiger partial charge in [-0.3, -0.25) is 4.90 Å². The Kier molecular flexibility index (Phi) is 4.91. The van der Waals surface area contributed by atoms with E-state index in [-0.39, 0.29) is 0 Å². The summed E-state index contributed by atoms with van der Waals surface area (Å²) in [6.45, 7) is 9.31. The van der Waals surface area contributed by atoms with Crippen LogP contribution in [0.25, 0.3) is 0 Å². The quantitative estimate of drug-likeness (QED) is 0.827. The smallest absolute Gasteiger partial charge is 0.0334 e. The lowest BCUT2D eigenvalue weighted by molar-refractivity contribution is -0.0310. The molecule has 0 amide bonds. The Balaban J connectivity index is 1.83. The van der Waals surface area contributed by atoms with Gasteiger partial charge in [-0.05, 0) is 70.6 Å². The highest BCUT2D eigenvalue weighted by molar-refractivity contribution is 5.03. The van der Waals surface area contributed by atoms with Crippen molar-refractivity contribution in [3.8, 4) is 0 Å². The summed E-state index contributed by atoms with van der Waals surface area (Å²) in [7, 11) is 4.54. The lowest BCUT2D eigenvalue weighted by Crippen LogP contribution is -2.62. The summed E-state index contributed by atoms with van der Waals surface area (Å²) < 4.78 is 0. The molecule has 1 saturated heterocycles. The van der Waals surface area contributed by atoms with Gasteiger partial charge in [0.2, 0.25) is 0 Å². The molecule has 2 N–H and O–H groups in total. The van der Waals surface area contributed by atoms with Crippen molar-refractivity contribution < 1.29 is 0 Å². The van der Waals surface area contributed by atoms with Crippen LogP contribution >= 0.6 is 0 Å². The third-order valence-electron chi connectivity index (χ3n) is 5.79. The average Bonchev–Trinajstić information content (AvgIpc) is 2.31. The monoisotopic (exact) mass is 267 g/mol. The lowest BCUT2D eigenvalue weighted by Gasteiger charge is -2.55. The molecule has 1 aliphatic carbocycles. The predicted octanol–water partition coefficient (Wildman–Crippen LogP) is 2.02. The molecule has 0 unspecified atom stereocenters. The van der Waals surface area contributed by atoms with Crippen molar-refractivity contribution >= 4 is 0 Å². The molecule has 2 aliphatic rings. The van der Waals surface area contributed by atoms with Crippen LogP contribution in [0, 0.1) is 17.8 Å². The fourth-order valence-electron chi connectivity index (χ4n) is 3.85. The maximum absolute atomic E-state index is 6.11. The summed E-state index contributed by atoms with van der Waals surface area (Å²) in [6, 6.07) is 0. The van der Waals surface area contributed by atoms with Gasteiger partial charge in [-0.2, -0.15) is 0 Å². The number of piperidine rings is 1. The third kappa shape index (κ3) is 3.32. The first-order valence-electron chi connectivity index (χ1n) is 8.06. The molecule has 0 aromatic rings. The van der Waals surface area contributed by atoms with Gasteiger partial charge in [-0.1, -0.05) is 13.8 Å². The molecule has 0 bridgehead atoms. The van der Waals surface area contributed by atoms with Gasteiger partial charge < -0.3 is 10.6 Å². The molecule has 0 atom stereocenters. The fraction of sp³-hybridized carbons (Fsp3) is 1.00. The Labute approximate surface area is 119 Å². The van der Waals surface area contributed by atoms with Gasteiger partial charge in [0.05, 0.1) is 0 Å². The van der Waals surface area contributed by atoms with Gasteiger partial charge >= 0.3 is 0 Å². The van der Waals surface area contributed by atoms with Crippen molar-refractivity contribution in [2.75, 3.05) is 40.3 Å². The van der Waals surface area contributed by atoms with Gasteiger partial charge in [-0.25, -0.2) is 0 Å². The van der Waals surface area contributed by atoms with E-state index < -0.39 is 0 Å². The number of rotatable bonds is 5. The molecule has 2 rings (SSSR count). The van der Waals surface area contributed by atoms with Crippen LogP contribution in [0.15, 0.2) is 0 Å². The third-order valence-corrected chi connectivity index (χ3v) is 5.79. The molecule has 1 saturated carbocycles. The first-order valence-corrected chi connectivity index (χ1v) is 8.06. The van der Waals surface area contributed by atoms with E-state index in [2.05, 4.69) is 37.7 Å². The van der Waals surface area contributed by atoms with Crippen LogP contribution < -0.4 is 5.73 Å². The predicted molar refractivity (Wildman–Crippen MR) is 82.2 cm³/mol. The Morgan fingerprint density at radius 2 is 1.84 bits per heavy atom. The zero-order chi connectivity index (χ0) is 14.0. The molecule has 3 heteroatoms. The number of nitrogens with zero attached hydrogens (tertiary/aromatic N) is 2. The number of hydrogen-bond acceptors (Lipinski definition) is 3. The van der Waals surface area contributed by atoms with Crippen LogP contribution in [0.2, 0.25) is 0 Å². The van der Waals surface area contributed by atoms with E-state index >= 15 is 0 Å². The van der Waals surface area contributed by atoms with Crippen molar-refractivity contribution in [1.82, 2.24) is 9.80 Å². The summed E-state index contributed by atoms with van der Waals surface area (Å²) in [5.74, 6) is 2.59. The minimum atomic E-state index is 0.318. The molecule has 2 fully saturated rings. The SMILES string of the molecule is CC(C)C1CC(CN)(N(C)CC2CCN(C)CC2)C1. The molecule has 0 spiro atoms. The first kappa shape index (κ1) is 15.3. The molecule has 0 radical (unpaired) electrons. The Hall–Kier alpha value is -0.120. The summed E-state index contributed by atoms with van der Waals surface area (Å²) in [5.41, 5.74) is 6.43. The Morgan fingerprint density at radius 3 is 2.32 bits per heavy atom. The Morgan fingerprint density at radius 1 is 1.26 bits per heavy atom. The molecule has 0 aromatic heterocycles. The highest BCUT2D eigenvalue weighted by atomic mass is 15.2. The summed E-state index contributed by atoms with van der Waals surface area (Å²) >= 11 is 0. The van der Waals surface area contributed by atoms with E-state index in [9.17, 15) is 0 Å². The van der Waals surface area contributed by atoms with E-state index in [1.807, 2.05) is 0 Å². The van der Waals surface area contributed by atoms with Crippen LogP contribution in [0.5, 0.6) is 0 Å². The molecule has 112 valence electrons. The second kappa shape index (κ2) is 6.11. The minimum absolute atomic E-state index is 0.318. The summed E-state index contributed by atoms with van der Waals surface area (Å²) in [5, 5.41) is 0. The van der Waals surface area contributed by atoms with E-state index in [1.165, 1.54) is 45.3 Å². The van der Waals surface area contributed by atoms with Crippen LogP contribution in [0.1, 0.15) is 39.5 Å². The van der Waals surface area contributed by atoms with Gasteiger partial charge in [0.25, 0.3) is 0 Å². The largest absolute Gasteiger partial charge is 0.329 e. The van der Waals surface area contributed by atoms with Crippen molar-refractivity contribution in [2.45, 2.75) is 45.1 Å². The van der Waals surface area contributed by atoms with Crippen LogP contribution in [0.3, 0.4) is 0 Å². The normalized spacial score (nSPS) is 33.9. The zero-order valence-electron chi connectivity index (χ0n) is 13.4. The number of likely N-dealkylation sites (N-methyl/N-ethyl adjacent to an activating group) is 1. The van der Waals surface area contributed by atoms with Crippen molar-refractivity contribution in [3.05, 3.63) is 0 Å². The Bertz CT molecular complexity index is 276. The number of likely N-dealkylation sites (tertiary alicyclic amines) is 1. The topological polar surface area (TPSA) is 32.5 Å². The molecular formula is C16H33N3. The highest BCUT2D eigenvalue weighted by Gasteiger charge is 2.47. The summed E-state index contributed by atoms with van der Waals surface area (Å²) in [6.07, 6.45) is 5.33. The minimum Gasteiger partial charge on any atom is -0.329 e. The molecule has 3 nitrogen and oxygen atoms in total. The average molecular weight is 267 g/mol. The fourth-order valence-corrected chi connectivity index (χ4v) is 3.85. The molecule has 19 heavy (non-hydrogen) atoms.